The molecule has 0 radical (unpaired) electrons. The molecule has 1 unspecified atom stereocenters. The average molecular weight is 326 g/mol. The predicted molar refractivity (Wildman–Crippen MR) is 86.3 cm³/mol. The van der Waals surface area contributed by atoms with Crippen LogP contribution in [0.2, 0.25) is 0 Å². The van der Waals surface area contributed by atoms with Gasteiger partial charge in [0.05, 0.1) is 12.7 Å². The molecule has 0 saturated carbocycles. The normalized spacial score (nSPS) is 23.1. The van der Waals surface area contributed by atoms with Gasteiger partial charge in [0.2, 0.25) is 5.91 Å². The summed E-state index contributed by atoms with van der Waals surface area (Å²) in [6.45, 7) is 2.64. The van der Waals surface area contributed by atoms with Gasteiger partial charge in [0.15, 0.2) is 5.79 Å². The van der Waals surface area contributed by atoms with Crippen molar-refractivity contribution in [2.45, 2.75) is 51.2 Å². The molecule has 7 heteroatoms. The zero-order valence-corrected chi connectivity index (χ0v) is 13.6. The minimum atomic E-state index is -1.50. The molecule has 130 valence electrons. The van der Waals surface area contributed by atoms with Crippen LogP contribution in [0.1, 0.15) is 33.1 Å². The molecule has 0 bridgehead atoms. The van der Waals surface area contributed by atoms with Crippen molar-refractivity contribution in [2.75, 3.05) is 6.61 Å². The van der Waals surface area contributed by atoms with Crippen LogP contribution in [-0.2, 0) is 9.53 Å². The van der Waals surface area contributed by atoms with Crippen molar-refractivity contribution in [1.82, 2.24) is 4.90 Å². The lowest BCUT2D eigenvalue weighted by atomic mass is 10.1. The van der Waals surface area contributed by atoms with Crippen molar-refractivity contribution in [3.05, 3.63) is 24.0 Å². The molecule has 7 nitrogen and oxygen atoms in total. The number of hydrogen-bond donors (Lipinski definition) is 4. The Hall–Kier alpha value is -1.85. The highest BCUT2D eigenvalue weighted by Crippen LogP contribution is 2.25. The first-order valence-corrected chi connectivity index (χ1v) is 7.19. The zero-order chi connectivity index (χ0) is 18.0. The fourth-order valence-corrected chi connectivity index (χ4v) is 1.96. The molecule has 0 aromatic rings. The lowest BCUT2D eigenvalue weighted by Crippen LogP contribution is -2.30. The van der Waals surface area contributed by atoms with Gasteiger partial charge < -0.3 is 30.7 Å². The summed E-state index contributed by atoms with van der Waals surface area (Å²) in [6, 6.07) is 0. The van der Waals surface area contributed by atoms with Crippen LogP contribution in [0.3, 0.4) is 0 Å². The van der Waals surface area contributed by atoms with E-state index in [1.54, 1.807) is 6.20 Å². The smallest absolute Gasteiger partial charge is 0.246 e. The largest absolute Gasteiger partial charge is 0.394 e. The highest BCUT2D eigenvalue weighted by molar-refractivity contribution is 5.92. The number of rotatable bonds is 3. The van der Waals surface area contributed by atoms with Gasteiger partial charge in [0, 0.05) is 18.0 Å². The number of terminal acetylenes is 1. The lowest BCUT2D eigenvalue weighted by molar-refractivity contribution is -0.127. The summed E-state index contributed by atoms with van der Waals surface area (Å²) in [4.78, 5) is 12.9. The van der Waals surface area contributed by atoms with E-state index in [1.165, 1.54) is 13.8 Å². The number of carbonyl (C=O) groups is 1. The number of aliphatic hydroxyl groups is 3. The predicted octanol–water partition coefficient (Wildman–Crippen LogP) is 0.0289. The van der Waals surface area contributed by atoms with Crippen molar-refractivity contribution >= 4 is 5.91 Å². The summed E-state index contributed by atoms with van der Waals surface area (Å²) in [5, 5.41) is 25.1. The van der Waals surface area contributed by atoms with Gasteiger partial charge in [0.25, 0.3) is 0 Å². The van der Waals surface area contributed by atoms with Gasteiger partial charge in [-0.1, -0.05) is 6.08 Å². The average Bonchev–Trinajstić information content (AvgIpc) is 2.97. The number of nitrogens with two attached hydrogens (primary N) is 1. The summed E-state index contributed by atoms with van der Waals surface area (Å²) in [6.07, 6.45) is 15.6. The Balaban J connectivity index is 0.000000594. The Morgan fingerprint density at radius 2 is 2.00 bits per heavy atom. The number of primary amides is 1. The van der Waals surface area contributed by atoms with Crippen molar-refractivity contribution in [3.8, 4) is 12.8 Å². The third-order valence-electron chi connectivity index (χ3n) is 2.86. The van der Waals surface area contributed by atoms with E-state index in [1.807, 2.05) is 17.2 Å². The highest BCUT2D eigenvalue weighted by Gasteiger charge is 2.28. The number of ether oxygens (including phenoxy) is 1. The minimum Gasteiger partial charge on any atom is -0.394 e. The SMILES string of the molecule is C#C.CC(C)(O)O.NC(=O)C1=CN([C@H]2CCC(CO)O2)C=CC1. The molecular weight excluding hydrogens is 300 g/mol. The van der Waals surface area contributed by atoms with Crippen LogP contribution in [-0.4, -0.2) is 50.9 Å². The molecule has 2 rings (SSSR count). The van der Waals surface area contributed by atoms with Gasteiger partial charge >= 0.3 is 0 Å². The molecule has 5 N–H and O–H groups in total. The van der Waals surface area contributed by atoms with Gasteiger partial charge in [-0.2, -0.15) is 0 Å². The Kier molecular flexibility index (Phi) is 9.22. The molecule has 2 aliphatic rings. The van der Waals surface area contributed by atoms with Crippen LogP contribution >= 0.6 is 0 Å². The molecule has 0 aromatic carbocycles. The maximum Gasteiger partial charge on any atom is 0.246 e. The van der Waals surface area contributed by atoms with Gasteiger partial charge in [-0.05, 0) is 33.1 Å². The maximum atomic E-state index is 11.0. The molecule has 1 saturated heterocycles. The van der Waals surface area contributed by atoms with E-state index in [0.29, 0.717) is 12.0 Å². The van der Waals surface area contributed by atoms with Gasteiger partial charge in [-0.3, -0.25) is 4.79 Å². The van der Waals surface area contributed by atoms with E-state index in [-0.39, 0.29) is 18.9 Å². The number of nitrogens with zero attached hydrogens (tertiary/aromatic N) is 1. The fourth-order valence-electron chi connectivity index (χ4n) is 1.96. The minimum absolute atomic E-state index is 0.0421. The number of hydrogen-bond acceptors (Lipinski definition) is 6. The summed E-state index contributed by atoms with van der Waals surface area (Å²) >= 11 is 0. The maximum absolute atomic E-state index is 11.0. The van der Waals surface area contributed by atoms with Gasteiger partial charge in [0.1, 0.15) is 6.23 Å². The van der Waals surface area contributed by atoms with Crippen LogP contribution in [0, 0.1) is 12.8 Å². The van der Waals surface area contributed by atoms with Crippen molar-refractivity contribution in [1.29, 1.82) is 0 Å². The number of carbonyl (C=O) groups excluding carboxylic acids is 1. The monoisotopic (exact) mass is 326 g/mol. The Morgan fingerprint density at radius 3 is 2.43 bits per heavy atom. The first kappa shape index (κ1) is 21.1. The van der Waals surface area contributed by atoms with Crippen LogP contribution in [0.4, 0.5) is 0 Å². The van der Waals surface area contributed by atoms with Gasteiger partial charge in [-0.15, -0.1) is 12.8 Å². The third-order valence-corrected chi connectivity index (χ3v) is 2.86. The number of amides is 1. The molecule has 1 amide bonds. The van der Waals surface area contributed by atoms with Crippen molar-refractivity contribution < 1.29 is 24.9 Å². The summed E-state index contributed by atoms with van der Waals surface area (Å²) < 4.78 is 5.61. The quantitative estimate of drug-likeness (QED) is 0.429. The topological polar surface area (TPSA) is 116 Å². The van der Waals surface area contributed by atoms with Crippen LogP contribution < -0.4 is 5.73 Å². The van der Waals surface area contributed by atoms with Crippen molar-refractivity contribution in [3.63, 3.8) is 0 Å². The molecule has 2 aliphatic heterocycles. The number of aliphatic hydroxyl groups excluding tert-OH is 1. The standard InChI is InChI=1S/C11H16N2O3.C3H8O2.C2H2/c12-11(15)8-2-1-5-13(6-8)10-4-3-9(7-14)16-10;1-3(2,4)5;1-2/h1,5-6,9-10,14H,2-4,7H2,(H2,12,15);4-5H,1-2H3;1-2H/t9?,10-;;/m1../s1. The third kappa shape index (κ3) is 9.01. The van der Waals surface area contributed by atoms with Crippen LogP contribution in [0.25, 0.3) is 0 Å². The van der Waals surface area contributed by atoms with Crippen LogP contribution in [0.15, 0.2) is 24.0 Å². The fraction of sp³-hybridized carbons (Fsp3) is 0.562. The van der Waals surface area contributed by atoms with E-state index in [4.69, 9.17) is 25.8 Å². The Labute approximate surface area is 137 Å². The first-order valence-electron chi connectivity index (χ1n) is 7.19. The second-order valence-corrected chi connectivity index (χ2v) is 5.52. The van der Waals surface area contributed by atoms with Gasteiger partial charge in [-0.25, -0.2) is 0 Å². The Bertz CT molecular complexity index is 445. The molecule has 2 atom stereocenters. The molecule has 23 heavy (non-hydrogen) atoms. The second kappa shape index (κ2) is 10.0. The molecular formula is C16H26N2O5. The van der Waals surface area contributed by atoms with E-state index in [0.717, 1.165) is 12.8 Å². The Morgan fingerprint density at radius 1 is 1.43 bits per heavy atom. The molecule has 1 fully saturated rings. The van der Waals surface area contributed by atoms with Crippen LogP contribution in [0.5, 0.6) is 0 Å². The second-order valence-electron chi connectivity index (χ2n) is 5.52. The lowest BCUT2D eigenvalue weighted by Gasteiger charge is -2.26. The zero-order valence-electron chi connectivity index (χ0n) is 13.6. The van der Waals surface area contributed by atoms with E-state index >= 15 is 0 Å². The van der Waals surface area contributed by atoms with Crippen molar-refractivity contribution in [2.24, 2.45) is 5.73 Å². The summed E-state index contributed by atoms with van der Waals surface area (Å²) in [5.74, 6) is -1.90. The summed E-state index contributed by atoms with van der Waals surface area (Å²) in [5.41, 5.74) is 5.81. The molecule has 0 aromatic heterocycles. The number of allylic oxidation sites excluding steroid dienone is 1. The summed E-state index contributed by atoms with van der Waals surface area (Å²) in [7, 11) is 0. The van der Waals surface area contributed by atoms with E-state index in [2.05, 4.69) is 12.8 Å². The first-order chi connectivity index (χ1) is 10.7. The van der Waals surface area contributed by atoms with E-state index in [9.17, 15) is 4.79 Å². The highest BCUT2D eigenvalue weighted by atomic mass is 16.5. The molecule has 0 spiro atoms. The van der Waals surface area contributed by atoms with E-state index < -0.39 is 11.7 Å². The molecule has 0 aliphatic carbocycles. The molecule has 2 heterocycles.